The molecule has 0 saturated heterocycles. The van der Waals surface area contributed by atoms with Gasteiger partial charge in [-0.05, 0) is 39.2 Å². The van der Waals surface area contributed by atoms with E-state index in [0.717, 1.165) is 38.5 Å². The van der Waals surface area contributed by atoms with Gasteiger partial charge >= 0.3 is 0 Å². The van der Waals surface area contributed by atoms with Crippen molar-refractivity contribution in [2.45, 2.75) is 90.8 Å². The lowest BCUT2D eigenvalue weighted by atomic mass is 10.0. The third-order valence-corrected chi connectivity index (χ3v) is 3.70. The first kappa shape index (κ1) is 21.1. The standard InChI is InChI=1S/C17H35N3O2/c1-5-6-7-11-16(19-13(2)3)17(22)20-15(14(4)21)10-8-9-12-18/h13,15-16,19H,5-12,18H2,1-4H3,(H,20,22). The van der Waals surface area contributed by atoms with Crippen LogP contribution in [-0.4, -0.2) is 36.4 Å². The van der Waals surface area contributed by atoms with Gasteiger partial charge in [0.25, 0.3) is 0 Å². The zero-order chi connectivity index (χ0) is 17.0. The van der Waals surface area contributed by atoms with E-state index >= 15 is 0 Å². The molecule has 0 fully saturated rings. The molecule has 0 aromatic rings. The highest BCUT2D eigenvalue weighted by Crippen LogP contribution is 2.07. The van der Waals surface area contributed by atoms with Crippen LogP contribution in [0.5, 0.6) is 0 Å². The average Bonchev–Trinajstić information content (AvgIpc) is 2.44. The maximum atomic E-state index is 12.5. The lowest BCUT2D eigenvalue weighted by Gasteiger charge is -2.24. The molecule has 2 unspecified atom stereocenters. The SMILES string of the molecule is CCCCCC(NC(C)C)C(=O)NC(CCCCN)C(C)=O. The largest absolute Gasteiger partial charge is 0.345 e. The number of carbonyl (C=O) groups excluding carboxylic acids is 2. The summed E-state index contributed by atoms with van der Waals surface area (Å²) in [7, 11) is 0. The summed E-state index contributed by atoms with van der Waals surface area (Å²) in [5, 5.41) is 6.22. The Morgan fingerprint density at radius 3 is 2.09 bits per heavy atom. The molecule has 0 aromatic heterocycles. The number of Topliss-reactive ketones (excluding diaryl/α,β-unsaturated/α-hetero) is 1. The lowest BCUT2D eigenvalue weighted by molar-refractivity contribution is -0.128. The van der Waals surface area contributed by atoms with Crippen LogP contribution >= 0.6 is 0 Å². The van der Waals surface area contributed by atoms with Gasteiger partial charge in [-0.25, -0.2) is 0 Å². The zero-order valence-corrected chi connectivity index (χ0v) is 14.8. The molecule has 0 aliphatic rings. The van der Waals surface area contributed by atoms with Crippen LogP contribution in [-0.2, 0) is 9.59 Å². The van der Waals surface area contributed by atoms with Crippen molar-refractivity contribution in [3.63, 3.8) is 0 Å². The Hall–Kier alpha value is -0.940. The Kier molecular flexibility index (Phi) is 12.1. The molecule has 0 heterocycles. The minimum Gasteiger partial charge on any atom is -0.345 e. The molecule has 0 radical (unpaired) electrons. The molecule has 0 bridgehead atoms. The van der Waals surface area contributed by atoms with E-state index in [9.17, 15) is 9.59 Å². The monoisotopic (exact) mass is 313 g/mol. The van der Waals surface area contributed by atoms with Gasteiger partial charge in [0.15, 0.2) is 5.78 Å². The predicted molar refractivity (Wildman–Crippen MR) is 91.7 cm³/mol. The molecule has 0 aromatic carbocycles. The van der Waals surface area contributed by atoms with E-state index in [0.29, 0.717) is 13.0 Å². The highest BCUT2D eigenvalue weighted by molar-refractivity contribution is 5.89. The van der Waals surface area contributed by atoms with Gasteiger partial charge in [-0.3, -0.25) is 9.59 Å². The number of hydrogen-bond donors (Lipinski definition) is 3. The van der Waals surface area contributed by atoms with Crippen molar-refractivity contribution in [3.8, 4) is 0 Å². The molecule has 130 valence electrons. The summed E-state index contributed by atoms with van der Waals surface area (Å²) < 4.78 is 0. The highest BCUT2D eigenvalue weighted by Gasteiger charge is 2.23. The molecular formula is C17H35N3O2. The van der Waals surface area contributed by atoms with Gasteiger partial charge in [0.1, 0.15) is 0 Å². The van der Waals surface area contributed by atoms with Gasteiger partial charge in [0.05, 0.1) is 12.1 Å². The van der Waals surface area contributed by atoms with E-state index in [1.807, 2.05) is 13.8 Å². The van der Waals surface area contributed by atoms with Crippen LogP contribution < -0.4 is 16.4 Å². The van der Waals surface area contributed by atoms with Crippen molar-refractivity contribution in [1.82, 2.24) is 10.6 Å². The molecule has 1 amide bonds. The first-order chi connectivity index (χ1) is 10.4. The third kappa shape index (κ3) is 9.90. The second-order valence-electron chi connectivity index (χ2n) is 6.33. The molecule has 5 nitrogen and oxygen atoms in total. The van der Waals surface area contributed by atoms with E-state index in [2.05, 4.69) is 17.6 Å². The Labute approximate surface area is 135 Å². The van der Waals surface area contributed by atoms with E-state index in [-0.39, 0.29) is 29.8 Å². The number of amides is 1. The fraction of sp³-hybridized carbons (Fsp3) is 0.882. The van der Waals surface area contributed by atoms with Gasteiger partial charge in [-0.1, -0.05) is 40.0 Å². The summed E-state index contributed by atoms with van der Waals surface area (Å²) in [6, 6.07) is -0.366. The summed E-state index contributed by atoms with van der Waals surface area (Å²) in [6.07, 6.45) is 6.49. The van der Waals surface area contributed by atoms with Crippen molar-refractivity contribution in [1.29, 1.82) is 0 Å². The number of nitrogens with two attached hydrogens (primary N) is 1. The summed E-state index contributed by atoms with van der Waals surface area (Å²) in [4.78, 5) is 24.2. The number of nitrogens with one attached hydrogen (secondary N) is 2. The van der Waals surface area contributed by atoms with E-state index < -0.39 is 0 Å². The average molecular weight is 313 g/mol. The Morgan fingerprint density at radius 1 is 1.00 bits per heavy atom. The topological polar surface area (TPSA) is 84.2 Å². The number of ketones is 1. The Morgan fingerprint density at radius 2 is 1.59 bits per heavy atom. The fourth-order valence-corrected chi connectivity index (χ4v) is 2.43. The maximum Gasteiger partial charge on any atom is 0.237 e. The van der Waals surface area contributed by atoms with Crippen molar-refractivity contribution < 1.29 is 9.59 Å². The van der Waals surface area contributed by atoms with Crippen LogP contribution in [0.25, 0.3) is 0 Å². The molecule has 5 heteroatoms. The Balaban J connectivity index is 4.55. The van der Waals surface area contributed by atoms with Gasteiger partial charge in [0.2, 0.25) is 5.91 Å². The summed E-state index contributed by atoms with van der Waals surface area (Å²) in [5.41, 5.74) is 5.48. The molecule has 0 spiro atoms. The van der Waals surface area contributed by atoms with Crippen LogP contribution in [0.4, 0.5) is 0 Å². The smallest absolute Gasteiger partial charge is 0.237 e. The highest BCUT2D eigenvalue weighted by atomic mass is 16.2. The molecule has 4 N–H and O–H groups in total. The number of rotatable bonds is 13. The van der Waals surface area contributed by atoms with Gasteiger partial charge in [-0.15, -0.1) is 0 Å². The Bertz CT molecular complexity index is 319. The van der Waals surface area contributed by atoms with Gasteiger partial charge in [0, 0.05) is 6.04 Å². The lowest BCUT2D eigenvalue weighted by Crippen LogP contribution is -2.51. The van der Waals surface area contributed by atoms with Crippen LogP contribution in [0.2, 0.25) is 0 Å². The summed E-state index contributed by atoms with van der Waals surface area (Å²) in [5.74, 6) is -0.0417. The van der Waals surface area contributed by atoms with Gasteiger partial charge < -0.3 is 16.4 Å². The van der Waals surface area contributed by atoms with Crippen molar-refractivity contribution in [2.75, 3.05) is 6.54 Å². The third-order valence-electron chi connectivity index (χ3n) is 3.70. The van der Waals surface area contributed by atoms with E-state index in [1.54, 1.807) is 0 Å². The van der Waals surface area contributed by atoms with E-state index in [1.165, 1.54) is 6.92 Å². The van der Waals surface area contributed by atoms with Crippen molar-refractivity contribution >= 4 is 11.7 Å². The van der Waals surface area contributed by atoms with Crippen LogP contribution in [0, 0.1) is 0 Å². The van der Waals surface area contributed by atoms with Crippen molar-refractivity contribution in [3.05, 3.63) is 0 Å². The molecule has 0 aliphatic heterocycles. The number of unbranched alkanes of at least 4 members (excludes halogenated alkanes) is 3. The quantitative estimate of drug-likeness (QED) is 0.455. The summed E-state index contributed by atoms with van der Waals surface area (Å²) >= 11 is 0. The van der Waals surface area contributed by atoms with Crippen LogP contribution in [0.15, 0.2) is 0 Å². The molecule has 2 atom stereocenters. The molecule has 0 rings (SSSR count). The van der Waals surface area contributed by atoms with Crippen molar-refractivity contribution in [2.24, 2.45) is 5.73 Å². The molecule has 0 saturated carbocycles. The minimum absolute atomic E-state index is 0.0160. The minimum atomic E-state index is -0.387. The first-order valence-corrected chi connectivity index (χ1v) is 8.69. The van der Waals surface area contributed by atoms with E-state index in [4.69, 9.17) is 5.73 Å². The maximum absolute atomic E-state index is 12.5. The van der Waals surface area contributed by atoms with Gasteiger partial charge in [-0.2, -0.15) is 0 Å². The second kappa shape index (κ2) is 12.6. The van der Waals surface area contributed by atoms with Crippen LogP contribution in [0.3, 0.4) is 0 Å². The number of carbonyl (C=O) groups is 2. The fourth-order valence-electron chi connectivity index (χ4n) is 2.43. The number of hydrogen-bond acceptors (Lipinski definition) is 4. The normalized spacial score (nSPS) is 13.9. The molecular weight excluding hydrogens is 278 g/mol. The molecule has 0 aliphatic carbocycles. The summed E-state index contributed by atoms with van der Waals surface area (Å²) in [6.45, 7) is 8.37. The van der Waals surface area contributed by atoms with Crippen LogP contribution in [0.1, 0.15) is 72.6 Å². The zero-order valence-electron chi connectivity index (χ0n) is 14.8. The molecule has 22 heavy (non-hydrogen) atoms. The second-order valence-corrected chi connectivity index (χ2v) is 6.33. The predicted octanol–water partition coefficient (Wildman–Crippen LogP) is 2.14. The first-order valence-electron chi connectivity index (χ1n) is 8.69.